The van der Waals surface area contributed by atoms with Crippen LogP contribution >= 0.6 is 0 Å². The summed E-state index contributed by atoms with van der Waals surface area (Å²) in [6.45, 7) is 8.26. The van der Waals surface area contributed by atoms with E-state index in [-0.39, 0.29) is 18.4 Å². The third-order valence-corrected chi connectivity index (χ3v) is 4.29. The van der Waals surface area contributed by atoms with Gasteiger partial charge in [-0.3, -0.25) is 9.59 Å². The lowest BCUT2D eigenvalue weighted by molar-refractivity contribution is -0.114. The van der Waals surface area contributed by atoms with Crippen LogP contribution in [0.4, 0.5) is 11.4 Å². The van der Waals surface area contributed by atoms with Crippen LogP contribution in [0.1, 0.15) is 44.0 Å². The summed E-state index contributed by atoms with van der Waals surface area (Å²) in [5, 5.41) is 5.93. The molecule has 0 saturated heterocycles. The second kappa shape index (κ2) is 11.7. The van der Waals surface area contributed by atoms with Gasteiger partial charge in [-0.05, 0) is 62.2 Å². The molecule has 0 aliphatic rings. The summed E-state index contributed by atoms with van der Waals surface area (Å²) in [7, 11) is 0. The van der Waals surface area contributed by atoms with Crippen molar-refractivity contribution < 1.29 is 14.3 Å². The van der Waals surface area contributed by atoms with E-state index in [1.165, 1.54) is 0 Å². The van der Waals surface area contributed by atoms with Crippen molar-refractivity contribution in [3.05, 3.63) is 54.1 Å². The van der Waals surface area contributed by atoms with Crippen LogP contribution in [-0.4, -0.2) is 43.0 Å². The molecule has 0 fully saturated rings. The highest BCUT2D eigenvalue weighted by Gasteiger charge is 2.14. The highest BCUT2D eigenvalue weighted by Crippen LogP contribution is 2.16. The van der Waals surface area contributed by atoms with Gasteiger partial charge in [0.1, 0.15) is 5.75 Å². The molecule has 2 aromatic rings. The molecule has 0 aliphatic heterocycles. The van der Waals surface area contributed by atoms with Crippen LogP contribution in [0.15, 0.2) is 48.5 Å². The third-order valence-electron chi connectivity index (χ3n) is 4.29. The summed E-state index contributed by atoms with van der Waals surface area (Å²) in [5.74, 6) is 0.631. The van der Waals surface area contributed by atoms with E-state index in [9.17, 15) is 9.59 Å². The van der Waals surface area contributed by atoms with E-state index in [4.69, 9.17) is 4.74 Å². The molecule has 0 bridgehead atoms. The molecule has 6 heteroatoms. The van der Waals surface area contributed by atoms with Gasteiger partial charge in [0.05, 0.1) is 13.2 Å². The molecule has 29 heavy (non-hydrogen) atoms. The number of nitrogens with one attached hydrogen (secondary N) is 2. The quantitative estimate of drug-likeness (QED) is 0.590. The van der Waals surface area contributed by atoms with E-state index in [0.29, 0.717) is 17.9 Å². The number of hydrogen-bond donors (Lipinski definition) is 2. The molecule has 0 saturated carbocycles. The lowest BCUT2D eigenvalue weighted by Gasteiger charge is -2.21. The lowest BCUT2D eigenvalue weighted by Crippen LogP contribution is -2.32. The zero-order valence-corrected chi connectivity index (χ0v) is 17.5. The van der Waals surface area contributed by atoms with Crippen molar-refractivity contribution in [1.82, 2.24) is 4.90 Å². The molecule has 156 valence electrons. The van der Waals surface area contributed by atoms with Crippen LogP contribution in [0.2, 0.25) is 0 Å². The average Bonchev–Trinajstić information content (AvgIpc) is 2.73. The summed E-state index contributed by atoms with van der Waals surface area (Å²) in [6.07, 6.45) is 1.85. The minimum absolute atomic E-state index is 0.0242. The molecule has 2 rings (SSSR count). The van der Waals surface area contributed by atoms with Crippen LogP contribution in [-0.2, 0) is 4.79 Å². The van der Waals surface area contributed by atoms with Gasteiger partial charge < -0.3 is 20.3 Å². The fraction of sp³-hybridized carbons (Fsp3) is 0.391. The number of hydrogen-bond acceptors (Lipinski definition) is 4. The SMILES string of the molecule is CCCN(CCC)C(=O)c1cccc(NCC(=O)Nc2ccc(OCC)cc2)c1. The predicted octanol–water partition coefficient (Wildman–Crippen LogP) is 4.40. The Labute approximate surface area is 173 Å². The fourth-order valence-corrected chi connectivity index (χ4v) is 2.99. The molecule has 2 N–H and O–H groups in total. The standard InChI is InChI=1S/C23H31N3O3/c1-4-14-26(15-5-2)23(28)18-8-7-9-20(16-18)24-17-22(27)25-19-10-12-21(13-11-19)29-6-3/h7-13,16,24H,4-6,14-15,17H2,1-3H3,(H,25,27). The van der Waals surface area contributed by atoms with Gasteiger partial charge >= 0.3 is 0 Å². The normalized spacial score (nSPS) is 10.3. The Kier molecular flexibility index (Phi) is 9.02. The third kappa shape index (κ3) is 7.14. The highest BCUT2D eigenvalue weighted by molar-refractivity contribution is 5.96. The molecular formula is C23H31N3O3. The first-order chi connectivity index (χ1) is 14.1. The Bertz CT molecular complexity index is 784. The first-order valence-electron chi connectivity index (χ1n) is 10.2. The first kappa shape index (κ1) is 22.3. The maximum Gasteiger partial charge on any atom is 0.253 e. The summed E-state index contributed by atoms with van der Waals surface area (Å²) < 4.78 is 5.39. The fourth-order valence-electron chi connectivity index (χ4n) is 2.99. The van der Waals surface area contributed by atoms with Crippen molar-refractivity contribution in [1.29, 1.82) is 0 Å². The second-order valence-electron chi connectivity index (χ2n) is 6.73. The first-order valence-corrected chi connectivity index (χ1v) is 10.2. The van der Waals surface area contributed by atoms with Gasteiger partial charge in [-0.2, -0.15) is 0 Å². The minimum Gasteiger partial charge on any atom is -0.494 e. The Morgan fingerprint density at radius 1 is 0.931 bits per heavy atom. The number of carbonyl (C=O) groups excluding carboxylic acids is 2. The Balaban J connectivity index is 1.92. The Hall–Kier alpha value is -3.02. The molecule has 0 aliphatic carbocycles. The van der Waals surface area contributed by atoms with E-state index in [1.807, 2.05) is 42.2 Å². The molecule has 0 spiro atoms. The number of rotatable bonds is 11. The van der Waals surface area contributed by atoms with E-state index in [2.05, 4.69) is 24.5 Å². The molecule has 0 unspecified atom stereocenters. The van der Waals surface area contributed by atoms with E-state index in [1.54, 1.807) is 18.2 Å². The van der Waals surface area contributed by atoms with Gasteiger partial charge in [0, 0.05) is 30.0 Å². The van der Waals surface area contributed by atoms with E-state index < -0.39 is 0 Å². The summed E-state index contributed by atoms with van der Waals surface area (Å²) in [5.41, 5.74) is 2.08. The topological polar surface area (TPSA) is 70.7 Å². The van der Waals surface area contributed by atoms with Gasteiger partial charge in [0.25, 0.3) is 5.91 Å². The largest absolute Gasteiger partial charge is 0.494 e. The number of amides is 2. The van der Waals surface area contributed by atoms with Gasteiger partial charge in [0.15, 0.2) is 0 Å². The van der Waals surface area contributed by atoms with Crippen molar-refractivity contribution in [2.45, 2.75) is 33.6 Å². The van der Waals surface area contributed by atoms with Crippen molar-refractivity contribution in [3.8, 4) is 5.75 Å². The van der Waals surface area contributed by atoms with Gasteiger partial charge in [-0.1, -0.05) is 19.9 Å². The van der Waals surface area contributed by atoms with Crippen LogP contribution in [0.3, 0.4) is 0 Å². The number of anilines is 2. The number of ether oxygens (including phenoxy) is 1. The van der Waals surface area contributed by atoms with Crippen LogP contribution in [0.5, 0.6) is 5.75 Å². The molecule has 0 radical (unpaired) electrons. The van der Waals surface area contributed by atoms with Crippen LogP contribution in [0, 0.1) is 0 Å². The minimum atomic E-state index is -0.163. The molecule has 6 nitrogen and oxygen atoms in total. The van der Waals surface area contributed by atoms with Crippen LogP contribution < -0.4 is 15.4 Å². The summed E-state index contributed by atoms with van der Waals surface area (Å²) in [4.78, 5) is 26.8. The second-order valence-corrected chi connectivity index (χ2v) is 6.73. The van der Waals surface area contributed by atoms with Crippen molar-refractivity contribution in [3.63, 3.8) is 0 Å². The molecule has 0 atom stereocenters. The Morgan fingerprint density at radius 3 is 2.24 bits per heavy atom. The van der Waals surface area contributed by atoms with E-state index in [0.717, 1.165) is 37.4 Å². The number of benzene rings is 2. The van der Waals surface area contributed by atoms with Gasteiger partial charge in [-0.15, -0.1) is 0 Å². The van der Waals surface area contributed by atoms with Crippen molar-refractivity contribution >= 4 is 23.2 Å². The maximum absolute atomic E-state index is 12.7. The summed E-state index contributed by atoms with van der Waals surface area (Å²) in [6, 6.07) is 14.5. The van der Waals surface area contributed by atoms with Gasteiger partial charge in [0.2, 0.25) is 5.91 Å². The highest BCUT2D eigenvalue weighted by atomic mass is 16.5. The number of carbonyl (C=O) groups is 2. The van der Waals surface area contributed by atoms with Gasteiger partial charge in [-0.25, -0.2) is 0 Å². The predicted molar refractivity (Wildman–Crippen MR) is 118 cm³/mol. The average molecular weight is 398 g/mol. The maximum atomic E-state index is 12.7. The smallest absolute Gasteiger partial charge is 0.253 e. The zero-order valence-electron chi connectivity index (χ0n) is 17.5. The van der Waals surface area contributed by atoms with Crippen molar-refractivity contribution in [2.24, 2.45) is 0 Å². The zero-order chi connectivity index (χ0) is 21.1. The molecular weight excluding hydrogens is 366 g/mol. The van der Waals surface area contributed by atoms with Crippen LogP contribution in [0.25, 0.3) is 0 Å². The van der Waals surface area contributed by atoms with Crippen molar-refractivity contribution in [2.75, 3.05) is 36.9 Å². The molecule has 0 aromatic heterocycles. The molecule has 2 aromatic carbocycles. The molecule has 2 amide bonds. The molecule has 0 heterocycles. The summed E-state index contributed by atoms with van der Waals surface area (Å²) >= 11 is 0. The van der Waals surface area contributed by atoms with E-state index >= 15 is 0 Å². The lowest BCUT2D eigenvalue weighted by atomic mass is 10.1. The monoisotopic (exact) mass is 397 g/mol. The Morgan fingerprint density at radius 2 is 1.62 bits per heavy atom. The number of nitrogens with zero attached hydrogens (tertiary/aromatic N) is 1.